The van der Waals surface area contributed by atoms with E-state index in [0.717, 1.165) is 11.6 Å². The zero-order chi connectivity index (χ0) is 24.3. The van der Waals surface area contributed by atoms with Crippen molar-refractivity contribution in [2.45, 2.75) is 11.8 Å². The third-order valence-corrected chi connectivity index (χ3v) is 6.70. The fraction of sp³-hybridized carbons (Fsp3) is 0.0800. The third kappa shape index (κ3) is 4.27. The first-order valence-corrected chi connectivity index (χ1v) is 11.6. The number of rotatable bonds is 6. The lowest BCUT2D eigenvalue weighted by Crippen LogP contribution is -2.19. The SMILES string of the molecule is COc1ccccc1Oc1nc2ccccn2c(=O)c1C=C(C#N)S(=O)(=O)c1ccc(C)cc1. The first-order chi connectivity index (χ1) is 16.3. The van der Waals surface area contributed by atoms with Crippen LogP contribution in [0, 0.1) is 18.3 Å². The van der Waals surface area contributed by atoms with Crippen molar-refractivity contribution in [3.8, 4) is 23.4 Å². The van der Waals surface area contributed by atoms with Gasteiger partial charge < -0.3 is 9.47 Å². The molecule has 0 fully saturated rings. The van der Waals surface area contributed by atoms with Crippen molar-refractivity contribution < 1.29 is 17.9 Å². The molecule has 0 spiro atoms. The van der Waals surface area contributed by atoms with E-state index in [1.165, 1.54) is 29.8 Å². The van der Waals surface area contributed by atoms with Gasteiger partial charge in [-0.1, -0.05) is 35.9 Å². The highest BCUT2D eigenvalue weighted by atomic mass is 32.2. The Morgan fingerprint density at radius 3 is 2.38 bits per heavy atom. The van der Waals surface area contributed by atoms with Gasteiger partial charge in [-0.25, -0.2) is 8.42 Å². The number of para-hydroxylation sites is 2. The van der Waals surface area contributed by atoms with Crippen LogP contribution in [0.4, 0.5) is 0 Å². The van der Waals surface area contributed by atoms with E-state index < -0.39 is 20.3 Å². The quantitative estimate of drug-likeness (QED) is 0.387. The second-order valence-electron chi connectivity index (χ2n) is 7.25. The molecule has 0 aliphatic carbocycles. The minimum atomic E-state index is -4.19. The molecule has 2 heterocycles. The van der Waals surface area contributed by atoms with E-state index >= 15 is 0 Å². The van der Waals surface area contributed by atoms with Crippen molar-refractivity contribution in [1.29, 1.82) is 5.26 Å². The minimum Gasteiger partial charge on any atom is -0.493 e. The molecule has 8 nitrogen and oxygen atoms in total. The zero-order valence-electron chi connectivity index (χ0n) is 18.3. The Morgan fingerprint density at radius 2 is 1.71 bits per heavy atom. The van der Waals surface area contributed by atoms with Crippen molar-refractivity contribution in [3.63, 3.8) is 0 Å². The number of methoxy groups -OCH3 is 1. The smallest absolute Gasteiger partial charge is 0.269 e. The molecule has 0 saturated heterocycles. The second kappa shape index (κ2) is 9.21. The first kappa shape index (κ1) is 22.8. The van der Waals surface area contributed by atoms with Crippen LogP contribution in [0.5, 0.6) is 17.4 Å². The number of benzene rings is 2. The van der Waals surface area contributed by atoms with Crippen LogP contribution in [0.3, 0.4) is 0 Å². The van der Waals surface area contributed by atoms with Crippen molar-refractivity contribution in [2.75, 3.05) is 7.11 Å². The molecule has 2 aromatic heterocycles. The van der Waals surface area contributed by atoms with Gasteiger partial charge in [0.1, 0.15) is 22.2 Å². The minimum absolute atomic E-state index is 0.0630. The van der Waals surface area contributed by atoms with Gasteiger partial charge in [-0.2, -0.15) is 10.2 Å². The molecule has 34 heavy (non-hydrogen) atoms. The standard InChI is InChI=1S/C25H19N3O5S/c1-17-10-12-18(13-11-17)34(30,31)19(16-26)15-20-24(33-22-8-4-3-7-21(22)32-2)27-23-9-5-6-14-28(23)25(20)29/h3-15H,1-2H3. The Hall–Kier alpha value is -4.42. The number of fused-ring (bicyclic) bond motifs is 1. The Kier molecular flexibility index (Phi) is 6.17. The van der Waals surface area contributed by atoms with Crippen LogP contribution in [0.15, 0.2) is 87.5 Å². The van der Waals surface area contributed by atoms with Gasteiger partial charge in [0.15, 0.2) is 11.5 Å². The fourth-order valence-electron chi connectivity index (χ4n) is 3.24. The molecule has 4 aromatic rings. The van der Waals surface area contributed by atoms with Crippen LogP contribution in [-0.4, -0.2) is 24.9 Å². The number of allylic oxidation sites excluding steroid dienone is 1. The number of nitrogens with zero attached hydrogens (tertiary/aromatic N) is 3. The summed E-state index contributed by atoms with van der Waals surface area (Å²) in [5.74, 6) is 0.500. The summed E-state index contributed by atoms with van der Waals surface area (Å²) >= 11 is 0. The molecule has 170 valence electrons. The lowest BCUT2D eigenvalue weighted by atomic mass is 10.2. The number of hydrogen-bond donors (Lipinski definition) is 0. The monoisotopic (exact) mass is 473 g/mol. The molecule has 0 aliphatic heterocycles. The Labute approximate surface area is 195 Å². The molecule has 0 bridgehead atoms. The molecule has 0 aliphatic rings. The number of pyridine rings is 1. The van der Waals surface area contributed by atoms with Crippen LogP contribution in [-0.2, 0) is 9.84 Å². The normalized spacial score (nSPS) is 11.7. The summed E-state index contributed by atoms with van der Waals surface area (Å²) < 4.78 is 38.7. The predicted molar refractivity (Wildman–Crippen MR) is 126 cm³/mol. The molecule has 0 atom stereocenters. The number of aryl methyl sites for hydroxylation is 1. The third-order valence-electron chi connectivity index (χ3n) is 5.02. The molecule has 0 N–H and O–H groups in total. The number of aromatic nitrogens is 2. The molecule has 0 radical (unpaired) electrons. The van der Waals surface area contributed by atoms with Gasteiger partial charge in [0.2, 0.25) is 15.7 Å². The number of hydrogen-bond acceptors (Lipinski definition) is 7. The van der Waals surface area contributed by atoms with E-state index in [-0.39, 0.29) is 27.7 Å². The summed E-state index contributed by atoms with van der Waals surface area (Å²) in [4.78, 5) is 17.0. The zero-order valence-corrected chi connectivity index (χ0v) is 19.1. The predicted octanol–water partition coefficient (Wildman–Crippen LogP) is 4.14. The van der Waals surface area contributed by atoms with Gasteiger partial charge in [0.25, 0.3) is 5.56 Å². The molecular formula is C25H19N3O5S. The number of nitriles is 1. The van der Waals surface area contributed by atoms with E-state index in [1.54, 1.807) is 60.7 Å². The number of sulfone groups is 1. The lowest BCUT2D eigenvalue weighted by molar-refractivity contribution is 0.374. The van der Waals surface area contributed by atoms with Gasteiger partial charge >= 0.3 is 0 Å². The van der Waals surface area contributed by atoms with Crippen LogP contribution in [0.25, 0.3) is 11.7 Å². The van der Waals surface area contributed by atoms with Gasteiger partial charge in [-0.05, 0) is 49.4 Å². The van der Waals surface area contributed by atoms with Gasteiger partial charge in [0, 0.05) is 6.20 Å². The maximum atomic E-state index is 13.3. The molecule has 0 unspecified atom stereocenters. The van der Waals surface area contributed by atoms with Crippen LogP contribution < -0.4 is 15.0 Å². The molecule has 4 rings (SSSR count). The van der Waals surface area contributed by atoms with Gasteiger partial charge in [-0.15, -0.1) is 0 Å². The van der Waals surface area contributed by atoms with E-state index in [1.807, 2.05) is 6.92 Å². The van der Waals surface area contributed by atoms with E-state index in [0.29, 0.717) is 5.75 Å². The average Bonchev–Trinajstić information content (AvgIpc) is 2.84. The van der Waals surface area contributed by atoms with Gasteiger partial charge in [0.05, 0.1) is 12.0 Å². The Morgan fingerprint density at radius 1 is 1.03 bits per heavy atom. The summed E-state index contributed by atoms with van der Waals surface area (Å²) in [6.07, 6.45) is 2.49. The van der Waals surface area contributed by atoms with Crippen LogP contribution in [0.1, 0.15) is 11.1 Å². The van der Waals surface area contributed by atoms with Crippen molar-refractivity contribution >= 4 is 21.6 Å². The fourth-order valence-corrected chi connectivity index (χ4v) is 4.38. The Balaban J connectivity index is 1.94. The first-order valence-electron chi connectivity index (χ1n) is 10.1. The molecular weight excluding hydrogens is 454 g/mol. The largest absolute Gasteiger partial charge is 0.493 e. The molecule has 0 amide bonds. The Bertz CT molecular complexity index is 1620. The number of ether oxygens (including phenoxy) is 2. The van der Waals surface area contributed by atoms with Crippen LogP contribution >= 0.6 is 0 Å². The summed E-state index contributed by atoms with van der Waals surface area (Å²) in [5.41, 5.74) is 0.365. The highest BCUT2D eigenvalue weighted by molar-refractivity contribution is 7.95. The van der Waals surface area contributed by atoms with E-state index in [2.05, 4.69) is 4.98 Å². The molecule has 2 aromatic carbocycles. The molecule has 0 saturated carbocycles. The summed E-state index contributed by atoms with van der Waals surface area (Å²) in [6, 6.07) is 19.5. The van der Waals surface area contributed by atoms with E-state index in [4.69, 9.17) is 9.47 Å². The maximum Gasteiger partial charge on any atom is 0.269 e. The van der Waals surface area contributed by atoms with Gasteiger partial charge in [-0.3, -0.25) is 9.20 Å². The maximum absolute atomic E-state index is 13.3. The summed E-state index contributed by atoms with van der Waals surface area (Å²) in [5, 5.41) is 9.72. The molecule has 9 heteroatoms. The average molecular weight is 474 g/mol. The van der Waals surface area contributed by atoms with Crippen LogP contribution in [0.2, 0.25) is 0 Å². The summed E-state index contributed by atoms with van der Waals surface area (Å²) in [6.45, 7) is 1.82. The second-order valence-corrected chi connectivity index (χ2v) is 9.17. The van der Waals surface area contributed by atoms with Crippen molar-refractivity contribution in [1.82, 2.24) is 9.38 Å². The highest BCUT2D eigenvalue weighted by Gasteiger charge is 2.24. The highest BCUT2D eigenvalue weighted by Crippen LogP contribution is 2.32. The van der Waals surface area contributed by atoms with E-state index in [9.17, 15) is 18.5 Å². The summed E-state index contributed by atoms with van der Waals surface area (Å²) in [7, 11) is -2.73. The lowest BCUT2D eigenvalue weighted by Gasteiger charge is -2.12. The topological polar surface area (TPSA) is 111 Å². The van der Waals surface area contributed by atoms with Crippen molar-refractivity contribution in [2.24, 2.45) is 0 Å². The van der Waals surface area contributed by atoms with Crippen molar-refractivity contribution in [3.05, 3.63) is 99.3 Å².